The average Bonchev–Trinajstić information content (AvgIpc) is 3.28. The maximum absolute atomic E-state index is 15.2. The van der Waals surface area contributed by atoms with Crippen LogP contribution in [0.5, 0.6) is 0 Å². The number of carbonyl (C=O) groups is 2. The summed E-state index contributed by atoms with van der Waals surface area (Å²) in [6.07, 6.45) is 2.40. The molecule has 1 heterocycles. The molecule has 0 aromatic heterocycles. The molecule has 188 valence electrons. The highest BCUT2D eigenvalue weighted by Crippen LogP contribution is 2.53. The first-order chi connectivity index (χ1) is 16.9. The molecule has 4 rings (SSSR count). The Morgan fingerprint density at radius 2 is 1.92 bits per heavy atom. The Bertz CT molecular complexity index is 1290. The number of non-ortho nitro benzene ring substituents is 1. The minimum atomic E-state index is -1.30. The molecule has 36 heavy (non-hydrogen) atoms. The molecule has 2 unspecified atom stereocenters. The number of amidine groups is 1. The first-order valence-corrected chi connectivity index (χ1v) is 12.3. The molecule has 1 aliphatic carbocycles. The van der Waals surface area contributed by atoms with Crippen LogP contribution in [-0.2, 0) is 10.3 Å². The highest BCUT2D eigenvalue weighted by Gasteiger charge is 2.48. The van der Waals surface area contributed by atoms with E-state index in [-0.39, 0.29) is 27.9 Å². The summed E-state index contributed by atoms with van der Waals surface area (Å²) < 4.78 is 20.7. The van der Waals surface area contributed by atoms with E-state index in [0.717, 1.165) is 33.7 Å². The third-order valence-electron chi connectivity index (χ3n) is 6.06. The second-order valence-corrected chi connectivity index (χ2v) is 10.8. The number of hydrogen-bond donors (Lipinski definition) is 0. The van der Waals surface area contributed by atoms with E-state index in [2.05, 4.69) is 0 Å². The molecule has 0 fully saturated rings. The number of carbonyl (C=O) groups excluding carboxylic acids is 2. The quantitative estimate of drug-likeness (QED) is 0.348. The van der Waals surface area contributed by atoms with E-state index in [1.807, 2.05) is 6.08 Å². The van der Waals surface area contributed by atoms with E-state index in [9.17, 15) is 19.7 Å². The van der Waals surface area contributed by atoms with Gasteiger partial charge in [-0.05, 0) is 63.6 Å². The van der Waals surface area contributed by atoms with Crippen LogP contribution >= 0.6 is 11.8 Å². The zero-order valence-electron chi connectivity index (χ0n) is 20.4. The number of hydrogen-bond acceptors (Lipinski definition) is 7. The first-order valence-electron chi connectivity index (χ1n) is 11.5. The number of benzene rings is 2. The Morgan fingerprint density at radius 3 is 2.56 bits per heavy atom. The van der Waals surface area contributed by atoms with E-state index < -0.39 is 33.9 Å². The number of imide groups is 1. The number of nitro groups is 1. The van der Waals surface area contributed by atoms with Gasteiger partial charge in [-0.25, -0.2) is 14.2 Å². The summed E-state index contributed by atoms with van der Waals surface area (Å²) in [6, 6.07) is 11.6. The molecule has 10 heteroatoms. The summed E-state index contributed by atoms with van der Waals surface area (Å²) in [7, 11) is 0. The van der Waals surface area contributed by atoms with Crippen LogP contribution in [0.3, 0.4) is 0 Å². The molecule has 1 aliphatic heterocycles. The molecule has 0 bridgehead atoms. The number of halogens is 1. The number of amides is 2. The molecule has 0 spiro atoms. The molecule has 2 amide bonds. The van der Waals surface area contributed by atoms with Crippen LogP contribution in [0, 0.1) is 21.8 Å². The van der Waals surface area contributed by atoms with Gasteiger partial charge in [-0.15, -0.1) is 0 Å². The van der Waals surface area contributed by atoms with Crippen LogP contribution in [0.15, 0.2) is 64.5 Å². The van der Waals surface area contributed by atoms with Crippen LogP contribution in [0.1, 0.15) is 56.5 Å². The number of fused-ring (bicyclic) bond motifs is 1. The maximum Gasteiger partial charge on any atom is 0.423 e. The largest absolute Gasteiger partial charge is 0.443 e. The first kappa shape index (κ1) is 25.6. The molecule has 8 nitrogen and oxygen atoms in total. The molecule has 0 saturated carbocycles. The zero-order chi connectivity index (χ0) is 26.3. The highest BCUT2D eigenvalue weighted by molar-refractivity contribution is 8.17. The third-order valence-corrected chi connectivity index (χ3v) is 7.20. The molecule has 2 aliphatic rings. The Hall–Kier alpha value is -3.53. The van der Waals surface area contributed by atoms with Crippen molar-refractivity contribution >= 4 is 34.6 Å². The van der Waals surface area contributed by atoms with Crippen molar-refractivity contribution in [2.75, 3.05) is 0 Å². The number of allylic oxidation sites excluding steroid dienone is 1. The molecule has 0 radical (unpaired) electrons. The molecule has 2 atom stereocenters. The molecular formula is C26H26FN3O5S. The summed E-state index contributed by atoms with van der Waals surface area (Å²) in [4.78, 5) is 44.2. The van der Waals surface area contributed by atoms with E-state index in [1.165, 1.54) is 6.07 Å². The standard InChI is InChI=1S/C26H26FN3O5S/c1-25(2,3)35-24(32)29(22(31)16-9-6-5-7-10-16)23-28-26(4,18-11-8-12-21(18)36-23)19-15-17(30(33)34)13-14-20(19)27/h5-7,9-10,12-15,18H,8,11H2,1-4H3. The van der Waals surface area contributed by atoms with Crippen LogP contribution in [0.4, 0.5) is 14.9 Å². The van der Waals surface area contributed by atoms with E-state index in [1.54, 1.807) is 58.0 Å². The predicted molar refractivity (Wildman–Crippen MR) is 135 cm³/mol. The van der Waals surface area contributed by atoms with E-state index >= 15 is 4.39 Å². The van der Waals surface area contributed by atoms with Crippen LogP contribution in [-0.4, -0.2) is 32.6 Å². The lowest BCUT2D eigenvalue weighted by Crippen LogP contribution is -2.47. The van der Waals surface area contributed by atoms with Crippen molar-refractivity contribution in [3.8, 4) is 0 Å². The molecule has 2 aromatic rings. The maximum atomic E-state index is 15.2. The van der Waals surface area contributed by atoms with Gasteiger partial charge in [0.15, 0.2) is 5.17 Å². The number of nitrogens with zero attached hydrogens (tertiary/aromatic N) is 3. The van der Waals surface area contributed by atoms with Gasteiger partial charge < -0.3 is 4.74 Å². The summed E-state index contributed by atoms with van der Waals surface area (Å²) >= 11 is 1.16. The van der Waals surface area contributed by atoms with Gasteiger partial charge in [-0.3, -0.25) is 14.9 Å². The van der Waals surface area contributed by atoms with E-state index in [4.69, 9.17) is 9.73 Å². The zero-order valence-corrected chi connectivity index (χ0v) is 21.2. The van der Waals surface area contributed by atoms with Gasteiger partial charge in [0.1, 0.15) is 11.4 Å². The second kappa shape index (κ2) is 9.50. The molecule has 2 aromatic carbocycles. The van der Waals surface area contributed by atoms with Gasteiger partial charge in [-0.2, -0.15) is 4.90 Å². The molecule has 0 saturated heterocycles. The highest BCUT2D eigenvalue weighted by atomic mass is 32.2. The lowest BCUT2D eigenvalue weighted by molar-refractivity contribution is -0.385. The smallest absolute Gasteiger partial charge is 0.423 e. The summed E-state index contributed by atoms with van der Waals surface area (Å²) in [6.45, 7) is 6.73. The Labute approximate surface area is 212 Å². The summed E-state index contributed by atoms with van der Waals surface area (Å²) in [5, 5.41) is 11.5. The van der Waals surface area contributed by atoms with Gasteiger partial charge in [0.05, 0.1) is 10.5 Å². The van der Waals surface area contributed by atoms with Crippen LogP contribution in [0.25, 0.3) is 0 Å². The second-order valence-electron chi connectivity index (χ2n) is 9.79. The number of rotatable bonds is 3. The van der Waals surface area contributed by atoms with Crippen molar-refractivity contribution in [1.29, 1.82) is 0 Å². The van der Waals surface area contributed by atoms with Gasteiger partial charge in [0.25, 0.3) is 11.6 Å². The predicted octanol–water partition coefficient (Wildman–Crippen LogP) is 6.42. The van der Waals surface area contributed by atoms with Crippen molar-refractivity contribution in [3.63, 3.8) is 0 Å². The van der Waals surface area contributed by atoms with Crippen molar-refractivity contribution in [1.82, 2.24) is 4.90 Å². The Kier molecular flexibility index (Phi) is 6.74. The average molecular weight is 512 g/mol. The van der Waals surface area contributed by atoms with Crippen molar-refractivity contribution < 1.29 is 23.6 Å². The summed E-state index contributed by atoms with van der Waals surface area (Å²) in [5.41, 5.74) is -2.18. The van der Waals surface area contributed by atoms with Gasteiger partial charge in [0, 0.05) is 29.2 Å². The number of aliphatic imine (C=N–C) groups is 1. The number of nitro benzene ring substituents is 1. The van der Waals surface area contributed by atoms with Crippen molar-refractivity contribution in [2.45, 2.75) is 51.7 Å². The SMILES string of the molecule is CC(C)(C)OC(=O)N(C(=O)c1ccccc1)C1=NC(C)(c2cc([N+](=O)[O-])ccc2F)C2CCC=C2S1. The fourth-order valence-corrected chi connectivity index (χ4v) is 5.76. The molecule has 0 N–H and O–H groups in total. The summed E-state index contributed by atoms with van der Waals surface area (Å²) in [5.74, 6) is -1.56. The van der Waals surface area contributed by atoms with Crippen molar-refractivity contribution in [3.05, 3.63) is 86.6 Å². The Morgan fingerprint density at radius 1 is 1.22 bits per heavy atom. The lowest BCUT2D eigenvalue weighted by atomic mass is 9.79. The normalized spacial score (nSPS) is 21.2. The van der Waals surface area contributed by atoms with E-state index in [0.29, 0.717) is 12.8 Å². The van der Waals surface area contributed by atoms with Gasteiger partial charge in [-0.1, -0.05) is 36.0 Å². The number of thioether (sulfide) groups is 1. The van der Waals surface area contributed by atoms with Gasteiger partial charge in [0.2, 0.25) is 0 Å². The topological polar surface area (TPSA) is 102 Å². The minimum Gasteiger partial charge on any atom is -0.443 e. The number of ether oxygens (including phenoxy) is 1. The van der Waals surface area contributed by atoms with Crippen LogP contribution < -0.4 is 0 Å². The Balaban J connectivity index is 1.89. The third kappa shape index (κ3) is 4.90. The molecular weight excluding hydrogens is 485 g/mol. The van der Waals surface area contributed by atoms with Crippen LogP contribution in [0.2, 0.25) is 0 Å². The lowest BCUT2D eigenvalue weighted by Gasteiger charge is -2.40. The fraction of sp³-hybridized carbons (Fsp3) is 0.346. The fourth-order valence-electron chi connectivity index (χ4n) is 4.38. The minimum absolute atomic E-state index is 0.0240. The van der Waals surface area contributed by atoms with Gasteiger partial charge >= 0.3 is 6.09 Å². The van der Waals surface area contributed by atoms with Crippen molar-refractivity contribution in [2.24, 2.45) is 10.9 Å². The monoisotopic (exact) mass is 511 g/mol.